The predicted molar refractivity (Wildman–Crippen MR) is 78.2 cm³/mol. The van der Waals surface area contributed by atoms with Crippen LogP contribution in [-0.2, 0) is 0 Å². The molecule has 0 saturated carbocycles. The first-order chi connectivity index (χ1) is 7.99. The summed E-state index contributed by atoms with van der Waals surface area (Å²) in [5.74, 6) is 0. The largest absolute Gasteiger partial charge is 0.259 e. The van der Waals surface area contributed by atoms with Gasteiger partial charge >= 0.3 is 0 Å². The Hall–Kier alpha value is -1.37. The summed E-state index contributed by atoms with van der Waals surface area (Å²) in [5.41, 5.74) is 4.97. The van der Waals surface area contributed by atoms with Crippen molar-refractivity contribution in [1.82, 2.24) is 0 Å². The van der Waals surface area contributed by atoms with Crippen molar-refractivity contribution in [2.75, 3.05) is 0 Å². The number of fused-ring (bicyclic) bond motifs is 1. The zero-order chi connectivity index (χ0) is 13.1. The van der Waals surface area contributed by atoms with Gasteiger partial charge in [0.05, 0.1) is 5.69 Å². The average Bonchev–Trinajstić information content (AvgIpc) is 2.47. The third kappa shape index (κ3) is 3.06. The van der Waals surface area contributed by atoms with Gasteiger partial charge in [0.1, 0.15) is 0 Å². The Kier molecular flexibility index (Phi) is 4.28. The highest BCUT2D eigenvalue weighted by Gasteiger charge is 2.15. The van der Waals surface area contributed by atoms with Crippen molar-refractivity contribution in [3.8, 4) is 0 Å². The number of aliphatic imine (C=N–C) groups is 1. The molecule has 0 spiro atoms. The maximum Gasteiger partial charge on any atom is 0.0730 e. The van der Waals surface area contributed by atoms with E-state index in [9.17, 15) is 0 Å². The fourth-order valence-corrected chi connectivity index (χ4v) is 1.77. The fourth-order valence-electron chi connectivity index (χ4n) is 1.77. The SMILES string of the molecule is CC.Cc1ccc(C)c2c1C=CC(C)(C)C=N2. The van der Waals surface area contributed by atoms with E-state index in [0.29, 0.717) is 0 Å². The van der Waals surface area contributed by atoms with E-state index in [0.717, 1.165) is 5.69 Å². The molecule has 1 aliphatic heterocycles. The van der Waals surface area contributed by atoms with Gasteiger partial charge in [-0.1, -0.05) is 52.0 Å². The van der Waals surface area contributed by atoms with E-state index in [1.54, 1.807) is 0 Å². The monoisotopic (exact) mass is 229 g/mol. The summed E-state index contributed by atoms with van der Waals surface area (Å²) in [6.45, 7) is 12.6. The molecule has 0 atom stereocenters. The topological polar surface area (TPSA) is 12.4 Å². The van der Waals surface area contributed by atoms with Gasteiger partial charge in [-0.25, -0.2) is 0 Å². The second-order valence-electron chi connectivity index (χ2n) is 4.87. The smallest absolute Gasteiger partial charge is 0.0730 e. The minimum Gasteiger partial charge on any atom is -0.259 e. The summed E-state index contributed by atoms with van der Waals surface area (Å²) in [6.07, 6.45) is 6.45. The predicted octanol–water partition coefficient (Wildman–Crippen LogP) is 5.08. The summed E-state index contributed by atoms with van der Waals surface area (Å²) >= 11 is 0. The minimum atomic E-state index is 0.0535. The lowest BCUT2D eigenvalue weighted by molar-refractivity contribution is 0.699. The molecule has 92 valence electrons. The van der Waals surface area contributed by atoms with E-state index in [2.05, 4.69) is 57.0 Å². The van der Waals surface area contributed by atoms with Crippen molar-refractivity contribution in [2.24, 2.45) is 10.4 Å². The van der Waals surface area contributed by atoms with Gasteiger partial charge < -0.3 is 0 Å². The molecule has 0 aromatic heterocycles. The number of hydrogen-bond donors (Lipinski definition) is 0. The molecule has 0 amide bonds. The third-order valence-corrected chi connectivity index (χ3v) is 2.84. The van der Waals surface area contributed by atoms with Gasteiger partial charge in [-0.05, 0) is 25.0 Å². The molecule has 17 heavy (non-hydrogen) atoms. The molecule has 2 rings (SSSR count). The fraction of sp³-hybridized carbons (Fsp3) is 0.438. The van der Waals surface area contributed by atoms with E-state index in [4.69, 9.17) is 0 Å². The zero-order valence-corrected chi connectivity index (χ0v) is 11.8. The van der Waals surface area contributed by atoms with Gasteiger partial charge in [-0.3, -0.25) is 4.99 Å². The van der Waals surface area contributed by atoms with Gasteiger partial charge in [-0.2, -0.15) is 0 Å². The van der Waals surface area contributed by atoms with E-state index < -0.39 is 0 Å². The standard InChI is InChI=1S/C14H17N.C2H6/c1-10-5-6-11(2)13-12(10)7-8-14(3,4)9-15-13;1-2/h5-9H,1-4H3;1-2H3. The number of nitrogens with zero attached hydrogens (tertiary/aromatic N) is 1. The first-order valence-electron chi connectivity index (χ1n) is 6.34. The van der Waals surface area contributed by atoms with Crippen molar-refractivity contribution in [3.63, 3.8) is 0 Å². The average molecular weight is 229 g/mol. The molecule has 0 radical (unpaired) electrons. The van der Waals surface area contributed by atoms with Crippen molar-refractivity contribution in [3.05, 3.63) is 34.9 Å². The van der Waals surface area contributed by atoms with Gasteiger partial charge in [0.2, 0.25) is 0 Å². The minimum absolute atomic E-state index is 0.0535. The van der Waals surface area contributed by atoms with E-state index >= 15 is 0 Å². The van der Waals surface area contributed by atoms with Crippen LogP contribution in [0, 0.1) is 19.3 Å². The summed E-state index contributed by atoms with van der Waals surface area (Å²) in [7, 11) is 0. The lowest BCUT2D eigenvalue weighted by Crippen LogP contribution is -2.07. The summed E-state index contributed by atoms with van der Waals surface area (Å²) in [6, 6.07) is 4.30. The Morgan fingerprint density at radius 3 is 2.24 bits per heavy atom. The summed E-state index contributed by atoms with van der Waals surface area (Å²) in [5, 5.41) is 0. The number of aryl methyl sites for hydroxylation is 2. The maximum atomic E-state index is 4.61. The number of hydrogen-bond acceptors (Lipinski definition) is 1. The van der Waals surface area contributed by atoms with Gasteiger partial charge in [0.25, 0.3) is 0 Å². The lowest BCUT2D eigenvalue weighted by Gasteiger charge is -2.10. The number of rotatable bonds is 0. The molecule has 0 N–H and O–H groups in total. The molecule has 0 fully saturated rings. The highest BCUT2D eigenvalue weighted by molar-refractivity contribution is 5.82. The van der Waals surface area contributed by atoms with Crippen LogP contribution in [0.4, 0.5) is 5.69 Å². The van der Waals surface area contributed by atoms with Crippen LogP contribution in [-0.4, -0.2) is 6.21 Å². The highest BCUT2D eigenvalue weighted by atomic mass is 14.7. The molecule has 1 aromatic carbocycles. The molecule has 1 nitrogen and oxygen atoms in total. The van der Waals surface area contributed by atoms with Crippen LogP contribution in [0.1, 0.15) is 44.4 Å². The Labute approximate surface area is 105 Å². The molecule has 1 heteroatoms. The molecule has 1 aromatic rings. The highest BCUT2D eigenvalue weighted by Crippen LogP contribution is 2.32. The Morgan fingerprint density at radius 2 is 1.59 bits per heavy atom. The van der Waals surface area contributed by atoms with Crippen LogP contribution >= 0.6 is 0 Å². The van der Waals surface area contributed by atoms with Gasteiger partial charge in [0, 0.05) is 17.2 Å². The van der Waals surface area contributed by atoms with E-state index in [-0.39, 0.29) is 5.41 Å². The van der Waals surface area contributed by atoms with Gasteiger partial charge in [0.15, 0.2) is 0 Å². The molecular weight excluding hydrogens is 206 g/mol. The van der Waals surface area contributed by atoms with Crippen LogP contribution in [0.3, 0.4) is 0 Å². The second kappa shape index (κ2) is 5.31. The maximum absolute atomic E-state index is 4.61. The van der Waals surface area contributed by atoms with E-state index in [1.165, 1.54) is 16.7 Å². The van der Waals surface area contributed by atoms with Crippen molar-refractivity contribution in [2.45, 2.75) is 41.5 Å². The zero-order valence-electron chi connectivity index (χ0n) is 11.8. The molecule has 0 unspecified atom stereocenters. The molecule has 1 aliphatic rings. The van der Waals surface area contributed by atoms with Crippen LogP contribution in [0.5, 0.6) is 0 Å². The first kappa shape index (κ1) is 13.7. The molecular formula is C16H23N. The van der Waals surface area contributed by atoms with Crippen molar-refractivity contribution in [1.29, 1.82) is 0 Å². The van der Waals surface area contributed by atoms with E-state index in [1.807, 2.05) is 20.1 Å². The van der Waals surface area contributed by atoms with Crippen LogP contribution < -0.4 is 0 Å². The third-order valence-electron chi connectivity index (χ3n) is 2.84. The Morgan fingerprint density at radius 1 is 1.00 bits per heavy atom. The van der Waals surface area contributed by atoms with Crippen molar-refractivity contribution < 1.29 is 0 Å². The Balaban J connectivity index is 0.000000686. The molecule has 0 bridgehead atoms. The van der Waals surface area contributed by atoms with Gasteiger partial charge in [-0.15, -0.1) is 0 Å². The summed E-state index contributed by atoms with van der Waals surface area (Å²) < 4.78 is 0. The molecule has 1 heterocycles. The molecule has 0 aliphatic carbocycles. The lowest BCUT2D eigenvalue weighted by atomic mass is 9.94. The van der Waals surface area contributed by atoms with Crippen molar-refractivity contribution >= 4 is 18.0 Å². The second-order valence-corrected chi connectivity index (χ2v) is 4.87. The van der Waals surface area contributed by atoms with Crippen LogP contribution in [0.25, 0.3) is 6.08 Å². The number of benzene rings is 1. The quantitative estimate of drug-likeness (QED) is 0.588. The Bertz CT molecular complexity index is 410. The normalized spacial score (nSPS) is 15.6. The van der Waals surface area contributed by atoms with Crippen LogP contribution in [0.2, 0.25) is 0 Å². The molecule has 0 saturated heterocycles. The summed E-state index contributed by atoms with van der Waals surface area (Å²) in [4.78, 5) is 4.61. The van der Waals surface area contributed by atoms with Crippen LogP contribution in [0.15, 0.2) is 23.2 Å². The first-order valence-corrected chi connectivity index (χ1v) is 6.34. The number of allylic oxidation sites excluding steroid dienone is 1.